The molecule has 3 aromatic carbocycles. The molecule has 0 saturated carbocycles. The zero-order valence-electron chi connectivity index (χ0n) is 16.1. The normalized spacial score (nSPS) is 16.5. The van der Waals surface area contributed by atoms with Gasteiger partial charge in [-0.05, 0) is 42.0 Å². The average molecular weight is 420 g/mol. The molecular weight excluding hydrogens is 401 g/mol. The van der Waals surface area contributed by atoms with Gasteiger partial charge in [0.25, 0.3) is 0 Å². The van der Waals surface area contributed by atoms with Gasteiger partial charge in [0.2, 0.25) is 5.91 Å². The third kappa shape index (κ3) is 3.35. The molecule has 2 heterocycles. The Morgan fingerprint density at radius 2 is 1.73 bits per heavy atom. The molecule has 5 rings (SSSR count). The first-order valence-electron chi connectivity index (χ1n) is 9.84. The van der Waals surface area contributed by atoms with E-state index in [1.165, 1.54) is 11.0 Å². The summed E-state index contributed by atoms with van der Waals surface area (Å²) in [7, 11) is 0. The van der Waals surface area contributed by atoms with E-state index in [1.807, 2.05) is 48.5 Å². The molecule has 0 aliphatic carbocycles. The van der Waals surface area contributed by atoms with Crippen molar-refractivity contribution in [3.8, 4) is 0 Å². The molecule has 1 amide bonds. The molecule has 150 valence electrons. The van der Waals surface area contributed by atoms with Crippen molar-refractivity contribution in [3.63, 3.8) is 0 Å². The van der Waals surface area contributed by atoms with Crippen molar-refractivity contribution in [1.82, 2.24) is 9.55 Å². The minimum absolute atomic E-state index is 0.0878. The Labute approximate surface area is 178 Å². The molecule has 0 radical (unpaired) electrons. The summed E-state index contributed by atoms with van der Waals surface area (Å²) < 4.78 is 16.4. The SMILES string of the molecule is O=C1CC(c2nc3ccccc3n2Cc2ccc(Cl)cc2)CN1c1ccccc1F. The fourth-order valence-corrected chi connectivity index (χ4v) is 4.25. The average Bonchev–Trinajstić information content (AvgIpc) is 3.31. The molecule has 1 aliphatic heterocycles. The van der Waals surface area contributed by atoms with Crippen molar-refractivity contribution < 1.29 is 9.18 Å². The Morgan fingerprint density at radius 1 is 1.00 bits per heavy atom. The summed E-state index contributed by atoms with van der Waals surface area (Å²) in [6.07, 6.45) is 0.304. The highest BCUT2D eigenvalue weighted by molar-refractivity contribution is 6.30. The van der Waals surface area contributed by atoms with Gasteiger partial charge >= 0.3 is 0 Å². The second kappa shape index (κ2) is 7.58. The molecule has 30 heavy (non-hydrogen) atoms. The number of anilines is 1. The van der Waals surface area contributed by atoms with Crippen molar-refractivity contribution in [1.29, 1.82) is 0 Å². The van der Waals surface area contributed by atoms with Crippen LogP contribution in [0.1, 0.15) is 23.7 Å². The monoisotopic (exact) mass is 419 g/mol. The first kappa shape index (κ1) is 18.8. The molecule has 0 N–H and O–H groups in total. The van der Waals surface area contributed by atoms with Crippen molar-refractivity contribution in [3.05, 3.63) is 95.0 Å². The largest absolute Gasteiger partial charge is 0.323 e. The van der Waals surface area contributed by atoms with Crippen LogP contribution in [0.15, 0.2) is 72.8 Å². The predicted octanol–water partition coefficient (Wildman–Crippen LogP) is 5.40. The third-order valence-electron chi connectivity index (χ3n) is 5.57. The van der Waals surface area contributed by atoms with Gasteiger partial charge in [0.1, 0.15) is 11.6 Å². The van der Waals surface area contributed by atoms with Gasteiger partial charge in [-0.1, -0.05) is 48.0 Å². The molecule has 1 saturated heterocycles. The maximum Gasteiger partial charge on any atom is 0.227 e. The molecule has 1 unspecified atom stereocenters. The van der Waals surface area contributed by atoms with Gasteiger partial charge in [-0.25, -0.2) is 9.37 Å². The van der Waals surface area contributed by atoms with Crippen LogP contribution in [-0.4, -0.2) is 22.0 Å². The highest BCUT2D eigenvalue weighted by Gasteiger charge is 2.35. The van der Waals surface area contributed by atoms with Crippen molar-refractivity contribution in [2.24, 2.45) is 0 Å². The van der Waals surface area contributed by atoms with Gasteiger partial charge in [-0.3, -0.25) is 4.79 Å². The molecule has 4 aromatic rings. The number of hydrogen-bond acceptors (Lipinski definition) is 2. The van der Waals surface area contributed by atoms with E-state index in [2.05, 4.69) is 4.57 Å². The van der Waals surface area contributed by atoms with Crippen LogP contribution in [0, 0.1) is 5.82 Å². The smallest absolute Gasteiger partial charge is 0.227 e. The number of aromatic nitrogens is 2. The van der Waals surface area contributed by atoms with Crippen LogP contribution in [0.4, 0.5) is 10.1 Å². The first-order chi connectivity index (χ1) is 14.6. The number of halogens is 2. The van der Waals surface area contributed by atoms with Gasteiger partial charge in [0.15, 0.2) is 0 Å². The van der Waals surface area contributed by atoms with Gasteiger partial charge in [0, 0.05) is 30.5 Å². The lowest BCUT2D eigenvalue weighted by atomic mass is 10.1. The molecule has 1 atom stereocenters. The van der Waals surface area contributed by atoms with Crippen LogP contribution < -0.4 is 4.90 Å². The van der Waals surface area contributed by atoms with E-state index in [-0.39, 0.29) is 17.6 Å². The Kier molecular flexibility index (Phi) is 4.75. The number of imidazole rings is 1. The maximum absolute atomic E-state index is 14.3. The van der Waals surface area contributed by atoms with Gasteiger partial charge in [0.05, 0.1) is 16.7 Å². The second-order valence-electron chi connectivity index (χ2n) is 7.53. The summed E-state index contributed by atoms with van der Waals surface area (Å²) in [5.41, 5.74) is 3.32. The quantitative estimate of drug-likeness (QED) is 0.444. The number of para-hydroxylation sites is 3. The fraction of sp³-hybridized carbons (Fsp3) is 0.167. The number of nitrogens with zero attached hydrogens (tertiary/aromatic N) is 3. The Hall–Kier alpha value is -3.18. The third-order valence-corrected chi connectivity index (χ3v) is 5.82. The number of fused-ring (bicyclic) bond motifs is 1. The molecule has 1 fully saturated rings. The van der Waals surface area contributed by atoms with Crippen LogP contribution in [0.3, 0.4) is 0 Å². The maximum atomic E-state index is 14.3. The number of benzene rings is 3. The summed E-state index contributed by atoms with van der Waals surface area (Å²) in [6, 6.07) is 22.1. The predicted molar refractivity (Wildman–Crippen MR) is 116 cm³/mol. The Bertz CT molecular complexity index is 1230. The number of amides is 1. The highest BCUT2D eigenvalue weighted by atomic mass is 35.5. The van der Waals surface area contributed by atoms with Crippen LogP contribution >= 0.6 is 11.6 Å². The number of carbonyl (C=O) groups is 1. The zero-order valence-corrected chi connectivity index (χ0v) is 16.9. The molecule has 6 heteroatoms. The van der Waals surface area contributed by atoms with Crippen molar-refractivity contribution in [2.45, 2.75) is 18.9 Å². The van der Waals surface area contributed by atoms with E-state index in [4.69, 9.17) is 16.6 Å². The Balaban J connectivity index is 1.53. The van der Waals surface area contributed by atoms with Crippen LogP contribution in [-0.2, 0) is 11.3 Å². The zero-order chi connectivity index (χ0) is 20.7. The van der Waals surface area contributed by atoms with E-state index in [1.54, 1.807) is 18.2 Å². The van der Waals surface area contributed by atoms with Crippen molar-refractivity contribution >= 4 is 34.2 Å². The molecular formula is C24H19ClFN3O. The minimum atomic E-state index is -0.388. The van der Waals surface area contributed by atoms with E-state index < -0.39 is 0 Å². The van der Waals surface area contributed by atoms with E-state index in [0.29, 0.717) is 30.2 Å². The van der Waals surface area contributed by atoms with Crippen LogP contribution in [0.25, 0.3) is 11.0 Å². The molecule has 4 nitrogen and oxygen atoms in total. The van der Waals surface area contributed by atoms with Crippen molar-refractivity contribution in [2.75, 3.05) is 11.4 Å². The summed E-state index contributed by atoms with van der Waals surface area (Å²) in [6.45, 7) is 1.03. The lowest BCUT2D eigenvalue weighted by molar-refractivity contribution is -0.117. The van der Waals surface area contributed by atoms with E-state index in [9.17, 15) is 9.18 Å². The topological polar surface area (TPSA) is 38.1 Å². The number of hydrogen-bond donors (Lipinski definition) is 0. The van der Waals surface area contributed by atoms with Crippen LogP contribution in [0.5, 0.6) is 0 Å². The molecule has 0 bridgehead atoms. The number of carbonyl (C=O) groups excluding carboxylic acids is 1. The molecule has 1 aromatic heterocycles. The minimum Gasteiger partial charge on any atom is -0.323 e. The summed E-state index contributed by atoms with van der Waals surface area (Å²) in [4.78, 5) is 19.1. The highest BCUT2D eigenvalue weighted by Crippen LogP contribution is 2.34. The Morgan fingerprint density at radius 3 is 2.53 bits per heavy atom. The van der Waals surface area contributed by atoms with Gasteiger partial charge in [-0.2, -0.15) is 0 Å². The van der Waals surface area contributed by atoms with Gasteiger partial charge in [-0.15, -0.1) is 0 Å². The fourth-order valence-electron chi connectivity index (χ4n) is 4.13. The summed E-state index contributed by atoms with van der Waals surface area (Å²) in [5, 5.41) is 0.691. The molecule has 1 aliphatic rings. The molecule has 0 spiro atoms. The summed E-state index contributed by atoms with van der Waals surface area (Å²) in [5.74, 6) is 0.256. The lowest BCUT2D eigenvalue weighted by Gasteiger charge is -2.18. The van der Waals surface area contributed by atoms with E-state index >= 15 is 0 Å². The standard InChI is InChI=1S/C24H19ClFN3O/c25-18-11-9-16(10-12-18)14-29-22-8-4-2-6-20(22)27-24(29)17-13-23(30)28(15-17)21-7-3-1-5-19(21)26/h1-12,17H,13-15H2. The summed E-state index contributed by atoms with van der Waals surface area (Å²) >= 11 is 6.03. The van der Waals surface area contributed by atoms with Crippen LogP contribution in [0.2, 0.25) is 5.02 Å². The van der Waals surface area contributed by atoms with Gasteiger partial charge < -0.3 is 9.47 Å². The second-order valence-corrected chi connectivity index (χ2v) is 7.96. The number of rotatable bonds is 4. The van der Waals surface area contributed by atoms with E-state index in [0.717, 1.165) is 22.4 Å². The lowest BCUT2D eigenvalue weighted by Crippen LogP contribution is -2.25. The first-order valence-corrected chi connectivity index (χ1v) is 10.2.